The lowest BCUT2D eigenvalue weighted by molar-refractivity contribution is 0.430. The van der Waals surface area contributed by atoms with Crippen LogP contribution in [0.3, 0.4) is 0 Å². The molecule has 0 saturated heterocycles. The minimum atomic E-state index is 0.412. The predicted molar refractivity (Wildman–Crippen MR) is 57.0 cm³/mol. The van der Waals surface area contributed by atoms with Gasteiger partial charge in [-0.05, 0) is 44.2 Å². The summed E-state index contributed by atoms with van der Waals surface area (Å²) in [6.45, 7) is 5.65. The molecule has 2 atom stereocenters. The molecule has 2 heteroatoms. The third-order valence-corrected chi connectivity index (χ3v) is 3.22. The third-order valence-electron chi connectivity index (χ3n) is 3.22. The maximum atomic E-state index is 5.06. The molecule has 1 N–H and O–H groups in total. The zero-order chi connectivity index (χ0) is 9.97. The van der Waals surface area contributed by atoms with Crippen LogP contribution in [0, 0.1) is 11.8 Å². The molecular weight excluding hydrogens is 174 g/mol. The summed E-state index contributed by atoms with van der Waals surface area (Å²) in [6.07, 6.45) is 6.42. The molecule has 78 valence electrons. The Morgan fingerprint density at radius 2 is 2.29 bits per heavy atom. The standard InChI is InChI=1S/C12H19NO/c1-9(11-3-4-11)7-13-10(2)12-5-6-14-8-12/h5-6,8-11,13H,3-4,7H2,1-2H3. The van der Waals surface area contributed by atoms with Crippen LogP contribution in [0.25, 0.3) is 0 Å². The summed E-state index contributed by atoms with van der Waals surface area (Å²) in [4.78, 5) is 0. The lowest BCUT2D eigenvalue weighted by Crippen LogP contribution is -2.25. The van der Waals surface area contributed by atoms with Crippen LogP contribution in [-0.4, -0.2) is 6.54 Å². The number of rotatable bonds is 5. The minimum absolute atomic E-state index is 0.412. The van der Waals surface area contributed by atoms with Crippen LogP contribution in [0.15, 0.2) is 23.0 Å². The van der Waals surface area contributed by atoms with E-state index in [0.29, 0.717) is 6.04 Å². The van der Waals surface area contributed by atoms with Gasteiger partial charge in [0, 0.05) is 11.6 Å². The van der Waals surface area contributed by atoms with Crippen LogP contribution in [0.4, 0.5) is 0 Å². The smallest absolute Gasteiger partial charge is 0.0950 e. The molecule has 0 aliphatic heterocycles. The average Bonchev–Trinajstić information content (AvgIpc) is 2.90. The molecule has 2 unspecified atom stereocenters. The molecule has 0 aromatic carbocycles. The summed E-state index contributed by atoms with van der Waals surface area (Å²) in [5, 5.41) is 3.55. The Morgan fingerprint density at radius 3 is 2.86 bits per heavy atom. The van der Waals surface area contributed by atoms with Gasteiger partial charge in [0.25, 0.3) is 0 Å². The van der Waals surface area contributed by atoms with Crippen molar-refractivity contribution in [3.05, 3.63) is 24.2 Å². The largest absolute Gasteiger partial charge is 0.472 e. The summed E-state index contributed by atoms with van der Waals surface area (Å²) in [5.74, 6) is 1.81. The monoisotopic (exact) mass is 193 g/mol. The fraction of sp³-hybridized carbons (Fsp3) is 0.667. The topological polar surface area (TPSA) is 25.2 Å². The first-order valence-electron chi connectivity index (χ1n) is 5.53. The molecule has 14 heavy (non-hydrogen) atoms. The number of nitrogens with one attached hydrogen (secondary N) is 1. The van der Waals surface area contributed by atoms with Crippen molar-refractivity contribution in [3.63, 3.8) is 0 Å². The first-order chi connectivity index (χ1) is 6.77. The van der Waals surface area contributed by atoms with Crippen molar-refractivity contribution in [3.8, 4) is 0 Å². The summed E-state index contributed by atoms with van der Waals surface area (Å²) >= 11 is 0. The highest BCUT2D eigenvalue weighted by atomic mass is 16.3. The summed E-state index contributed by atoms with van der Waals surface area (Å²) in [6, 6.07) is 2.44. The van der Waals surface area contributed by atoms with Gasteiger partial charge >= 0.3 is 0 Å². The minimum Gasteiger partial charge on any atom is -0.472 e. The first kappa shape index (κ1) is 9.78. The average molecular weight is 193 g/mol. The van der Waals surface area contributed by atoms with E-state index in [1.165, 1.54) is 18.4 Å². The Labute approximate surface area is 85.7 Å². The summed E-state index contributed by atoms with van der Waals surface area (Å²) < 4.78 is 5.06. The summed E-state index contributed by atoms with van der Waals surface area (Å²) in [7, 11) is 0. The van der Waals surface area contributed by atoms with E-state index in [1.54, 1.807) is 6.26 Å². The highest BCUT2D eigenvalue weighted by Gasteiger charge is 2.27. The lowest BCUT2D eigenvalue weighted by atomic mass is 10.1. The molecule has 0 amide bonds. The van der Waals surface area contributed by atoms with E-state index in [9.17, 15) is 0 Å². The van der Waals surface area contributed by atoms with Crippen molar-refractivity contribution in [1.82, 2.24) is 5.32 Å². The van der Waals surface area contributed by atoms with Crippen molar-refractivity contribution in [2.75, 3.05) is 6.54 Å². The van der Waals surface area contributed by atoms with Crippen molar-refractivity contribution in [1.29, 1.82) is 0 Å². The van der Waals surface area contributed by atoms with Gasteiger partial charge in [-0.2, -0.15) is 0 Å². The van der Waals surface area contributed by atoms with Gasteiger partial charge < -0.3 is 9.73 Å². The SMILES string of the molecule is CC(NCC(C)C1CC1)c1ccoc1. The van der Waals surface area contributed by atoms with E-state index >= 15 is 0 Å². The zero-order valence-electron chi connectivity index (χ0n) is 8.99. The molecule has 2 nitrogen and oxygen atoms in total. The fourth-order valence-corrected chi connectivity index (χ4v) is 1.83. The zero-order valence-corrected chi connectivity index (χ0v) is 8.99. The molecule has 1 aromatic rings. The highest BCUT2D eigenvalue weighted by molar-refractivity contribution is 5.10. The van der Waals surface area contributed by atoms with Gasteiger partial charge in [-0.15, -0.1) is 0 Å². The van der Waals surface area contributed by atoms with E-state index in [0.717, 1.165) is 18.4 Å². The molecule has 1 aliphatic rings. The Bertz CT molecular complexity index is 264. The van der Waals surface area contributed by atoms with Gasteiger partial charge in [0.15, 0.2) is 0 Å². The normalized spacial score (nSPS) is 20.7. The van der Waals surface area contributed by atoms with Crippen LogP contribution in [0.5, 0.6) is 0 Å². The van der Waals surface area contributed by atoms with Gasteiger partial charge in [-0.3, -0.25) is 0 Å². The van der Waals surface area contributed by atoms with E-state index in [2.05, 4.69) is 19.2 Å². The van der Waals surface area contributed by atoms with Crippen molar-refractivity contribution in [2.45, 2.75) is 32.7 Å². The number of hydrogen-bond donors (Lipinski definition) is 1. The van der Waals surface area contributed by atoms with Crippen LogP contribution in [-0.2, 0) is 0 Å². The maximum absolute atomic E-state index is 5.06. The van der Waals surface area contributed by atoms with Crippen molar-refractivity contribution in [2.24, 2.45) is 11.8 Å². The Hall–Kier alpha value is -0.760. The number of furan rings is 1. The second-order valence-corrected chi connectivity index (χ2v) is 4.50. The first-order valence-corrected chi connectivity index (χ1v) is 5.53. The van der Waals surface area contributed by atoms with Gasteiger partial charge in [-0.25, -0.2) is 0 Å². The molecule has 2 rings (SSSR count). The predicted octanol–water partition coefficient (Wildman–Crippen LogP) is 2.98. The Kier molecular flexibility index (Phi) is 2.92. The molecule has 0 radical (unpaired) electrons. The van der Waals surface area contributed by atoms with Crippen LogP contribution in [0.1, 0.15) is 38.3 Å². The second-order valence-electron chi connectivity index (χ2n) is 4.50. The molecule has 1 aliphatic carbocycles. The molecule has 1 heterocycles. The Morgan fingerprint density at radius 1 is 1.50 bits per heavy atom. The van der Waals surface area contributed by atoms with Gasteiger partial charge in [-0.1, -0.05) is 6.92 Å². The highest BCUT2D eigenvalue weighted by Crippen LogP contribution is 2.36. The molecule has 0 bridgehead atoms. The van der Waals surface area contributed by atoms with Crippen LogP contribution >= 0.6 is 0 Å². The van der Waals surface area contributed by atoms with Gasteiger partial charge in [0.05, 0.1) is 12.5 Å². The molecule has 1 aromatic heterocycles. The fourth-order valence-electron chi connectivity index (χ4n) is 1.83. The summed E-state index contributed by atoms with van der Waals surface area (Å²) in [5.41, 5.74) is 1.24. The van der Waals surface area contributed by atoms with Crippen molar-refractivity contribution < 1.29 is 4.42 Å². The second kappa shape index (κ2) is 4.18. The van der Waals surface area contributed by atoms with Gasteiger partial charge in [0.2, 0.25) is 0 Å². The molecular formula is C12H19NO. The van der Waals surface area contributed by atoms with E-state index < -0.39 is 0 Å². The van der Waals surface area contributed by atoms with E-state index in [4.69, 9.17) is 4.42 Å². The lowest BCUT2D eigenvalue weighted by Gasteiger charge is -2.16. The molecule has 1 fully saturated rings. The number of hydrogen-bond acceptors (Lipinski definition) is 2. The van der Waals surface area contributed by atoms with Crippen LogP contribution < -0.4 is 5.32 Å². The Balaban J connectivity index is 1.74. The maximum Gasteiger partial charge on any atom is 0.0950 e. The van der Waals surface area contributed by atoms with E-state index in [1.807, 2.05) is 12.3 Å². The molecule has 1 saturated carbocycles. The third kappa shape index (κ3) is 2.38. The van der Waals surface area contributed by atoms with Gasteiger partial charge in [0.1, 0.15) is 0 Å². The van der Waals surface area contributed by atoms with Crippen molar-refractivity contribution >= 4 is 0 Å². The van der Waals surface area contributed by atoms with Crippen LogP contribution in [0.2, 0.25) is 0 Å². The quantitative estimate of drug-likeness (QED) is 0.777. The molecule has 0 spiro atoms. The van der Waals surface area contributed by atoms with E-state index in [-0.39, 0.29) is 0 Å².